The highest BCUT2D eigenvalue weighted by Crippen LogP contribution is 2.48. The number of rotatable bonds is 10. The molecule has 10 heteroatoms. The van der Waals surface area contributed by atoms with E-state index in [1.807, 2.05) is 20.0 Å². The minimum absolute atomic E-state index is 0.147. The van der Waals surface area contributed by atoms with Crippen LogP contribution in [0.5, 0.6) is 5.75 Å². The van der Waals surface area contributed by atoms with Crippen LogP contribution in [0.25, 0.3) is 0 Å². The molecule has 0 unspecified atom stereocenters. The number of carbonyl (C=O) groups excluding carboxylic acids is 1. The lowest BCUT2D eigenvalue weighted by Gasteiger charge is -2.49. The molecule has 1 saturated carbocycles. The van der Waals surface area contributed by atoms with Crippen molar-refractivity contribution >= 4 is 33.2 Å². The van der Waals surface area contributed by atoms with Crippen molar-refractivity contribution < 1.29 is 23.1 Å². The van der Waals surface area contributed by atoms with Gasteiger partial charge in [-0.05, 0) is 126 Å². The van der Waals surface area contributed by atoms with Gasteiger partial charge in [0.15, 0.2) is 0 Å². The number of halogens is 1. The molecule has 2 aliphatic carbocycles. The summed E-state index contributed by atoms with van der Waals surface area (Å²) in [7, 11) is -1.84. The van der Waals surface area contributed by atoms with Gasteiger partial charge in [0, 0.05) is 35.1 Å². The topological polar surface area (TPSA) is 108 Å². The Balaban J connectivity index is 1.50. The fourth-order valence-corrected chi connectivity index (χ4v) is 8.36. The first-order valence-corrected chi connectivity index (χ1v) is 18.0. The number of aryl methyl sites for hydroxylation is 1. The first kappa shape index (κ1) is 33.0. The minimum atomic E-state index is -3.79. The molecule has 8 nitrogen and oxygen atoms in total. The monoisotopic (exact) mass is 645 g/mol. The van der Waals surface area contributed by atoms with Crippen LogP contribution >= 0.6 is 11.6 Å². The molecule has 2 aromatic carbocycles. The second-order valence-electron chi connectivity index (χ2n) is 13.7. The second-order valence-corrected chi connectivity index (χ2v) is 16.4. The van der Waals surface area contributed by atoms with Crippen molar-refractivity contribution in [3.8, 4) is 5.75 Å². The molecular weight excluding hydrogens is 598 g/mol. The van der Waals surface area contributed by atoms with Crippen molar-refractivity contribution in [1.82, 2.24) is 10.0 Å². The van der Waals surface area contributed by atoms with Crippen LogP contribution < -0.4 is 19.7 Å². The van der Waals surface area contributed by atoms with Gasteiger partial charge in [-0.2, -0.15) is 0 Å². The summed E-state index contributed by atoms with van der Waals surface area (Å²) in [5.41, 5.74) is 2.47. The van der Waals surface area contributed by atoms with E-state index in [1.165, 1.54) is 11.1 Å². The van der Waals surface area contributed by atoms with Crippen LogP contribution in [0.15, 0.2) is 36.4 Å². The molecule has 1 fully saturated rings. The predicted octanol–water partition coefficient (Wildman–Crippen LogP) is 5.45. The van der Waals surface area contributed by atoms with Crippen LogP contribution in [0, 0.1) is 11.8 Å². The number of benzene rings is 2. The van der Waals surface area contributed by atoms with Crippen LogP contribution in [0.3, 0.4) is 0 Å². The number of aliphatic hydroxyl groups is 1. The molecule has 2 aromatic rings. The fraction of sp³-hybridized carbons (Fsp3) is 0.618. The van der Waals surface area contributed by atoms with Gasteiger partial charge in [0.2, 0.25) is 10.0 Å². The minimum Gasteiger partial charge on any atom is -0.490 e. The molecule has 1 spiro atoms. The normalized spacial score (nSPS) is 25.2. The molecule has 1 amide bonds. The van der Waals surface area contributed by atoms with Crippen LogP contribution in [0.1, 0.15) is 87.7 Å². The quantitative estimate of drug-likeness (QED) is 0.316. The van der Waals surface area contributed by atoms with Gasteiger partial charge in [-0.25, -0.2) is 13.1 Å². The molecule has 1 aliphatic heterocycles. The van der Waals surface area contributed by atoms with Crippen molar-refractivity contribution in [2.75, 3.05) is 31.6 Å². The Kier molecular flexibility index (Phi) is 9.62. The molecule has 5 atom stereocenters. The van der Waals surface area contributed by atoms with Crippen LogP contribution in [-0.2, 0) is 21.9 Å². The Labute approximate surface area is 267 Å². The third-order valence-electron chi connectivity index (χ3n) is 10.4. The Morgan fingerprint density at radius 2 is 2.00 bits per heavy atom. The smallest absolute Gasteiger partial charge is 0.264 e. The van der Waals surface area contributed by atoms with Crippen LogP contribution in [0.4, 0.5) is 5.69 Å². The SMILES string of the molecule is CC[C@H](C[C@](C)(O)[C@@H]1CC[C@H]1CN1C[C@@]2(CCCc3cc(Cl)ccc32)COc2ccc(C(=O)NS(=O)(=O)C(C)C)cc21)NC. The highest BCUT2D eigenvalue weighted by Gasteiger charge is 2.47. The number of carbonyl (C=O) groups is 1. The van der Waals surface area contributed by atoms with Crippen LogP contribution in [-0.4, -0.2) is 63.1 Å². The van der Waals surface area contributed by atoms with Gasteiger partial charge < -0.3 is 20.1 Å². The van der Waals surface area contributed by atoms with Gasteiger partial charge in [0.05, 0.1) is 23.1 Å². The van der Waals surface area contributed by atoms with E-state index in [-0.39, 0.29) is 28.9 Å². The average molecular weight is 646 g/mol. The number of fused-ring (bicyclic) bond motifs is 3. The van der Waals surface area contributed by atoms with Gasteiger partial charge >= 0.3 is 0 Å². The summed E-state index contributed by atoms with van der Waals surface area (Å²) in [4.78, 5) is 15.5. The van der Waals surface area contributed by atoms with Crippen molar-refractivity contribution in [3.05, 3.63) is 58.1 Å². The number of nitrogens with zero attached hydrogens (tertiary/aromatic N) is 1. The molecule has 0 bridgehead atoms. The summed E-state index contributed by atoms with van der Waals surface area (Å²) in [5.74, 6) is 0.429. The van der Waals surface area contributed by atoms with E-state index in [4.69, 9.17) is 16.3 Å². The van der Waals surface area contributed by atoms with Crippen molar-refractivity contribution in [1.29, 1.82) is 0 Å². The van der Waals surface area contributed by atoms with E-state index in [1.54, 1.807) is 32.0 Å². The third-order valence-corrected chi connectivity index (χ3v) is 12.3. The molecule has 0 radical (unpaired) electrons. The largest absolute Gasteiger partial charge is 0.490 e. The van der Waals surface area contributed by atoms with E-state index < -0.39 is 26.8 Å². The highest BCUT2D eigenvalue weighted by atomic mass is 35.5. The van der Waals surface area contributed by atoms with E-state index in [2.05, 4.69) is 34.0 Å². The maximum Gasteiger partial charge on any atom is 0.264 e. The Hall–Kier alpha value is -2.33. The lowest BCUT2D eigenvalue weighted by Crippen LogP contribution is -2.53. The van der Waals surface area contributed by atoms with Crippen molar-refractivity contribution in [2.45, 2.75) is 94.9 Å². The summed E-state index contributed by atoms with van der Waals surface area (Å²) < 4.78 is 33.8. The third kappa shape index (κ3) is 6.62. The molecule has 0 aromatic heterocycles. The van der Waals surface area contributed by atoms with E-state index in [9.17, 15) is 18.3 Å². The first-order valence-electron chi connectivity index (χ1n) is 16.0. The zero-order chi connectivity index (χ0) is 31.9. The van der Waals surface area contributed by atoms with Gasteiger partial charge in [-0.15, -0.1) is 0 Å². The summed E-state index contributed by atoms with van der Waals surface area (Å²) in [6.07, 6.45) is 6.56. The standard InChI is InChI=1S/C34H48ClN3O5S/c1-6-27(36-5)18-33(4,40)28-12-9-25(28)19-38-20-34(15-7-8-23-16-26(35)11-13-29(23)34)21-43-31-14-10-24(17-30(31)38)32(39)37-44(41,42)22(2)3/h10-11,13-14,16-17,22,25,27-28,36,40H,6-9,12,15,18-21H2,1-5H3,(H,37,39)/t25-,27+,28+,33-,34-/m0/s1. The molecule has 1 heterocycles. The zero-order valence-electron chi connectivity index (χ0n) is 26.7. The summed E-state index contributed by atoms with van der Waals surface area (Å²) in [5, 5.41) is 15.0. The molecule has 3 N–H and O–H groups in total. The molecular formula is C34H48ClN3O5S. The summed E-state index contributed by atoms with van der Waals surface area (Å²) in [6.45, 7) is 9.07. The molecule has 3 aliphatic rings. The summed E-state index contributed by atoms with van der Waals surface area (Å²) >= 11 is 6.41. The Morgan fingerprint density at radius 1 is 1.23 bits per heavy atom. The zero-order valence-corrected chi connectivity index (χ0v) is 28.2. The number of ether oxygens (including phenoxy) is 1. The Morgan fingerprint density at radius 3 is 2.66 bits per heavy atom. The highest BCUT2D eigenvalue weighted by molar-refractivity contribution is 7.90. The number of amides is 1. The van der Waals surface area contributed by atoms with Crippen molar-refractivity contribution in [3.63, 3.8) is 0 Å². The maximum absolute atomic E-state index is 13.2. The van der Waals surface area contributed by atoms with Gasteiger partial charge in [0.25, 0.3) is 5.91 Å². The number of hydrogen-bond donors (Lipinski definition) is 3. The van der Waals surface area contributed by atoms with E-state index in [0.717, 1.165) is 49.2 Å². The summed E-state index contributed by atoms with van der Waals surface area (Å²) in [6, 6.07) is 11.6. The maximum atomic E-state index is 13.2. The molecule has 0 saturated heterocycles. The average Bonchev–Trinajstić information content (AvgIpc) is 3.10. The van der Waals surface area contributed by atoms with Gasteiger partial charge in [-0.3, -0.25) is 4.79 Å². The molecule has 44 heavy (non-hydrogen) atoms. The van der Waals surface area contributed by atoms with Crippen LogP contribution in [0.2, 0.25) is 5.02 Å². The number of sulfonamides is 1. The lowest BCUT2D eigenvalue weighted by molar-refractivity contribution is -0.0782. The predicted molar refractivity (Wildman–Crippen MR) is 176 cm³/mol. The van der Waals surface area contributed by atoms with E-state index in [0.29, 0.717) is 31.9 Å². The van der Waals surface area contributed by atoms with Gasteiger partial charge in [-0.1, -0.05) is 24.6 Å². The lowest BCUT2D eigenvalue weighted by atomic mass is 9.63. The second kappa shape index (κ2) is 12.8. The Bertz CT molecular complexity index is 1480. The van der Waals surface area contributed by atoms with E-state index >= 15 is 0 Å². The number of nitrogens with one attached hydrogen (secondary N) is 2. The van der Waals surface area contributed by atoms with Crippen molar-refractivity contribution in [2.24, 2.45) is 11.8 Å². The number of hydrogen-bond acceptors (Lipinski definition) is 7. The first-order chi connectivity index (χ1) is 20.8. The fourth-order valence-electron chi connectivity index (χ4n) is 7.55. The molecule has 242 valence electrons. The molecule has 5 rings (SSSR count). The van der Waals surface area contributed by atoms with Gasteiger partial charge in [0.1, 0.15) is 5.75 Å². The number of anilines is 1.